The van der Waals surface area contributed by atoms with Crippen LogP contribution in [0.4, 0.5) is 0 Å². The molecule has 0 unspecified atom stereocenters. The second kappa shape index (κ2) is 8.08. The molecule has 0 saturated carbocycles. The standard InChI is InChI=1S/C18H21NO4S/c1-23-12-15-6-3-5-14(9-15)11-19-18(20)17-8-4-7-16(10-17)13-24(2,21)22/h3-10H,11-13H2,1-2H3,(H,19,20). The second-order valence-electron chi connectivity index (χ2n) is 5.71. The molecule has 1 N–H and O–H groups in total. The molecule has 128 valence electrons. The van der Waals surface area contributed by atoms with Crippen LogP contribution in [0.1, 0.15) is 27.0 Å². The molecule has 0 aliphatic rings. The first-order chi connectivity index (χ1) is 11.4. The van der Waals surface area contributed by atoms with Crippen LogP contribution in [0, 0.1) is 0 Å². The lowest BCUT2D eigenvalue weighted by molar-refractivity contribution is 0.0950. The summed E-state index contributed by atoms with van der Waals surface area (Å²) in [5.41, 5.74) is 3.07. The molecule has 2 aromatic rings. The zero-order chi connectivity index (χ0) is 17.6. The lowest BCUT2D eigenvalue weighted by Gasteiger charge is -2.08. The van der Waals surface area contributed by atoms with E-state index in [2.05, 4.69) is 5.32 Å². The van der Waals surface area contributed by atoms with Gasteiger partial charge in [0.05, 0.1) is 12.4 Å². The van der Waals surface area contributed by atoms with E-state index in [4.69, 9.17) is 4.74 Å². The van der Waals surface area contributed by atoms with Gasteiger partial charge in [-0.3, -0.25) is 4.79 Å². The average molecular weight is 347 g/mol. The van der Waals surface area contributed by atoms with Gasteiger partial charge in [-0.25, -0.2) is 8.42 Å². The van der Waals surface area contributed by atoms with Crippen LogP contribution in [0.5, 0.6) is 0 Å². The molecule has 0 aliphatic carbocycles. The maximum atomic E-state index is 12.3. The second-order valence-corrected chi connectivity index (χ2v) is 7.85. The lowest BCUT2D eigenvalue weighted by atomic mass is 10.1. The van der Waals surface area contributed by atoms with Gasteiger partial charge >= 0.3 is 0 Å². The number of sulfone groups is 1. The lowest BCUT2D eigenvalue weighted by Crippen LogP contribution is -2.23. The quantitative estimate of drug-likeness (QED) is 0.834. The maximum absolute atomic E-state index is 12.3. The summed E-state index contributed by atoms with van der Waals surface area (Å²) in [5.74, 6) is -0.310. The predicted molar refractivity (Wildman–Crippen MR) is 93.3 cm³/mol. The molecule has 1 amide bonds. The molecule has 0 bridgehead atoms. The van der Waals surface area contributed by atoms with E-state index in [0.29, 0.717) is 24.3 Å². The molecular formula is C18H21NO4S. The highest BCUT2D eigenvalue weighted by Gasteiger charge is 2.09. The first-order valence-corrected chi connectivity index (χ1v) is 9.55. The number of nitrogens with one attached hydrogen (secondary N) is 1. The molecule has 0 aliphatic heterocycles. The van der Waals surface area contributed by atoms with E-state index in [9.17, 15) is 13.2 Å². The predicted octanol–water partition coefficient (Wildman–Crippen LogP) is 2.31. The van der Waals surface area contributed by atoms with Crippen molar-refractivity contribution in [1.82, 2.24) is 5.32 Å². The molecule has 24 heavy (non-hydrogen) atoms. The first kappa shape index (κ1) is 18.2. The molecule has 2 rings (SSSR count). The van der Waals surface area contributed by atoms with E-state index >= 15 is 0 Å². The van der Waals surface area contributed by atoms with Crippen molar-refractivity contribution in [3.8, 4) is 0 Å². The maximum Gasteiger partial charge on any atom is 0.251 e. The van der Waals surface area contributed by atoms with Gasteiger partial charge in [0.2, 0.25) is 0 Å². The highest BCUT2D eigenvalue weighted by molar-refractivity contribution is 7.89. The van der Waals surface area contributed by atoms with Crippen LogP contribution in [-0.4, -0.2) is 27.7 Å². The molecule has 0 spiro atoms. The van der Waals surface area contributed by atoms with Gasteiger partial charge in [-0.15, -0.1) is 0 Å². The van der Waals surface area contributed by atoms with Crippen molar-refractivity contribution in [2.24, 2.45) is 0 Å². The van der Waals surface area contributed by atoms with E-state index in [0.717, 1.165) is 11.1 Å². The van der Waals surface area contributed by atoms with Crippen LogP contribution < -0.4 is 5.32 Å². The topological polar surface area (TPSA) is 72.5 Å². The fourth-order valence-corrected chi connectivity index (χ4v) is 3.17. The zero-order valence-corrected chi connectivity index (χ0v) is 14.6. The van der Waals surface area contributed by atoms with Crippen molar-refractivity contribution in [3.63, 3.8) is 0 Å². The van der Waals surface area contributed by atoms with E-state index in [1.165, 1.54) is 6.26 Å². The van der Waals surface area contributed by atoms with Crippen molar-refractivity contribution in [1.29, 1.82) is 0 Å². The average Bonchev–Trinajstić information content (AvgIpc) is 2.52. The van der Waals surface area contributed by atoms with Crippen LogP contribution in [0.25, 0.3) is 0 Å². The van der Waals surface area contributed by atoms with Crippen LogP contribution in [0.3, 0.4) is 0 Å². The monoisotopic (exact) mass is 347 g/mol. The fourth-order valence-electron chi connectivity index (χ4n) is 2.39. The molecule has 0 atom stereocenters. The van der Waals surface area contributed by atoms with E-state index in [-0.39, 0.29) is 11.7 Å². The van der Waals surface area contributed by atoms with Crippen molar-refractivity contribution >= 4 is 15.7 Å². The Morgan fingerprint density at radius 3 is 2.42 bits per heavy atom. The fraction of sp³-hybridized carbons (Fsp3) is 0.278. The van der Waals surface area contributed by atoms with Crippen molar-refractivity contribution in [3.05, 3.63) is 70.8 Å². The Balaban J connectivity index is 2.02. The number of amides is 1. The molecule has 5 nitrogen and oxygen atoms in total. The Morgan fingerprint density at radius 2 is 1.71 bits per heavy atom. The molecular weight excluding hydrogens is 326 g/mol. The SMILES string of the molecule is COCc1cccc(CNC(=O)c2cccc(CS(C)(=O)=O)c2)c1. The highest BCUT2D eigenvalue weighted by atomic mass is 32.2. The normalized spacial score (nSPS) is 11.2. The summed E-state index contributed by atoms with van der Waals surface area (Å²) in [5, 5.41) is 2.85. The molecule has 0 heterocycles. The molecule has 2 aromatic carbocycles. The summed E-state index contributed by atoms with van der Waals surface area (Å²) in [4.78, 5) is 12.3. The van der Waals surface area contributed by atoms with Crippen LogP contribution in [0.2, 0.25) is 0 Å². The molecule has 0 fully saturated rings. The number of hydrogen-bond acceptors (Lipinski definition) is 4. The van der Waals surface area contributed by atoms with Gasteiger partial charge < -0.3 is 10.1 Å². The number of carbonyl (C=O) groups is 1. The Labute approximate surface area is 142 Å². The number of benzene rings is 2. The van der Waals surface area contributed by atoms with Gasteiger partial charge in [0, 0.05) is 25.5 Å². The first-order valence-electron chi connectivity index (χ1n) is 7.49. The minimum absolute atomic E-state index is 0.0762. The molecule has 0 radical (unpaired) electrons. The summed E-state index contributed by atoms with van der Waals surface area (Å²) < 4.78 is 27.8. The van der Waals surface area contributed by atoms with Crippen molar-refractivity contribution in [2.75, 3.05) is 13.4 Å². The summed E-state index contributed by atoms with van der Waals surface area (Å²) >= 11 is 0. The third-order valence-corrected chi connectivity index (χ3v) is 4.23. The Hall–Kier alpha value is -2.18. The molecule has 0 aromatic heterocycles. The number of methoxy groups -OCH3 is 1. The number of hydrogen-bond donors (Lipinski definition) is 1. The third kappa shape index (κ3) is 5.79. The highest BCUT2D eigenvalue weighted by Crippen LogP contribution is 2.10. The van der Waals surface area contributed by atoms with Gasteiger partial charge in [0.15, 0.2) is 9.84 Å². The summed E-state index contributed by atoms with van der Waals surface area (Å²) in [6.07, 6.45) is 1.17. The summed E-state index contributed by atoms with van der Waals surface area (Å²) in [7, 11) is -1.49. The smallest absolute Gasteiger partial charge is 0.251 e. The van der Waals surface area contributed by atoms with Gasteiger partial charge in [0.1, 0.15) is 0 Å². The van der Waals surface area contributed by atoms with Crippen LogP contribution in [-0.2, 0) is 33.5 Å². The van der Waals surface area contributed by atoms with Crippen LogP contribution >= 0.6 is 0 Å². The zero-order valence-electron chi connectivity index (χ0n) is 13.8. The largest absolute Gasteiger partial charge is 0.380 e. The van der Waals surface area contributed by atoms with Gasteiger partial charge in [-0.1, -0.05) is 36.4 Å². The van der Waals surface area contributed by atoms with Crippen molar-refractivity contribution in [2.45, 2.75) is 18.9 Å². The van der Waals surface area contributed by atoms with E-state index in [1.807, 2.05) is 24.3 Å². The molecule has 0 saturated heterocycles. The minimum atomic E-state index is -3.13. The minimum Gasteiger partial charge on any atom is -0.380 e. The van der Waals surface area contributed by atoms with Gasteiger partial charge in [-0.2, -0.15) is 0 Å². The summed E-state index contributed by atoms with van der Waals surface area (Å²) in [6, 6.07) is 14.5. The summed E-state index contributed by atoms with van der Waals surface area (Å²) in [6.45, 7) is 0.919. The number of ether oxygens (including phenoxy) is 1. The van der Waals surface area contributed by atoms with Gasteiger partial charge in [-0.05, 0) is 28.8 Å². The Bertz CT molecular complexity index is 815. The number of carbonyl (C=O) groups excluding carboxylic acids is 1. The Morgan fingerprint density at radius 1 is 1.04 bits per heavy atom. The Kier molecular flexibility index (Phi) is 6.11. The van der Waals surface area contributed by atoms with E-state index in [1.54, 1.807) is 31.4 Å². The van der Waals surface area contributed by atoms with Gasteiger partial charge in [0.25, 0.3) is 5.91 Å². The number of rotatable bonds is 7. The molecule has 6 heteroatoms. The van der Waals surface area contributed by atoms with E-state index < -0.39 is 9.84 Å². The van der Waals surface area contributed by atoms with Crippen molar-refractivity contribution < 1.29 is 17.9 Å². The van der Waals surface area contributed by atoms with Crippen LogP contribution in [0.15, 0.2) is 48.5 Å². The third-order valence-electron chi connectivity index (χ3n) is 3.37.